The number of aromatic nitrogens is 2. The predicted octanol–water partition coefficient (Wildman–Crippen LogP) is 0.496. The molecule has 110 valence electrons. The Morgan fingerprint density at radius 3 is 2.60 bits per heavy atom. The summed E-state index contributed by atoms with van der Waals surface area (Å²) >= 11 is 0. The Hall–Kier alpha value is -2.31. The summed E-state index contributed by atoms with van der Waals surface area (Å²) in [4.78, 5) is 28.8. The third-order valence-electron chi connectivity index (χ3n) is 2.78. The predicted molar refractivity (Wildman–Crippen MR) is 76.2 cm³/mol. The van der Waals surface area contributed by atoms with Crippen molar-refractivity contribution in [1.82, 2.24) is 9.13 Å². The second-order valence-electron chi connectivity index (χ2n) is 4.28. The van der Waals surface area contributed by atoms with Crippen molar-refractivity contribution in [2.24, 2.45) is 19.3 Å². The van der Waals surface area contributed by atoms with E-state index >= 15 is 0 Å². The van der Waals surface area contributed by atoms with Gasteiger partial charge >= 0.3 is 5.69 Å². The summed E-state index contributed by atoms with van der Waals surface area (Å²) < 4.78 is 1.92. The van der Waals surface area contributed by atoms with E-state index in [2.05, 4.69) is 11.7 Å². The summed E-state index contributed by atoms with van der Waals surface area (Å²) in [6.45, 7) is 5.60. The molecule has 0 amide bonds. The van der Waals surface area contributed by atoms with Crippen molar-refractivity contribution in [2.45, 2.75) is 19.8 Å². The summed E-state index contributed by atoms with van der Waals surface area (Å²) in [5.41, 5.74) is -0.900. The van der Waals surface area contributed by atoms with Crippen molar-refractivity contribution in [1.29, 1.82) is 0 Å². The number of nitrogens with zero attached hydrogens (tertiary/aromatic N) is 3. The van der Waals surface area contributed by atoms with E-state index in [1.165, 1.54) is 20.2 Å². The molecule has 0 saturated heterocycles. The molecule has 0 atom stereocenters. The standard InChI is InChI=1S/C13H19N3O4/c1-5-7-9(14-20-8-6-2)10-11(17)15(3)13(19)16(4)12(10)18/h6,17H,2,5,7-8H2,1,3-4H3. The average molecular weight is 281 g/mol. The highest BCUT2D eigenvalue weighted by Gasteiger charge is 2.20. The number of rotatable bonds is 6. The highest BCUT2D eigenvalue weighted by atomic mass is 16.6. The number of oxime groups is 1. The first-order valence-electron chi connectivity index (χ1n) is 6.24. The monoisotopic (exact) mass is 281 g/mol. The topological polar surface area (TPSA) is 85.8 Å². The minimum atomic E-state index is -0.598. The molecule has 0 fully saturated rings. The maximum atomic E-state index is 12.1. The van der Waals surface area contributed by atoms with Crippen LogP contribution in [0.1, 0.15) is 25.3 Å². The summed E-state index contributed by atoms with van der Waals surface area (Å²) in [5.74, 6) is -0.410. The first kappa shape index (κ1) is 15.7. The third-order valence-corrected chi connectivity index (χ3v) is 2.78. The fourth-order valence-corrected chi connectivity index (χ4v) is 1.71. The zero-order valence-corrected chi connectivity index (χ0v) is 11.9. The zero-order chi connectivity index (χ0) is 15.3. The van der Waals surface area contributed by atoms with E-state index in [4.69, 9.17) is 4.84 Å². The molecule has 7 nitrogen and oxygen atoms in total. The molecule has 1 aromatic rings. The van der Waals surface area contributed by atoms with Crippen LogP contribution in [0.25, 0.3) is 0 Å². The fourth-order valence-electron chi connectivity index (χ4n) is 1.71. The van der Waals surface area contributed by atoms with Crippen molar-refractivity contribution in [2.75, 3.05) is 6.61 Å². The van der Waals surface area contributed by atoms with Gasteiger partial charge in [0.15, 0.2) is 0 Å². The molecular weight excluding hydrogens is 262 g/mol. The number of hydrogen-bond acceptors (Lipinski definition) is 5. The molecule has 0 unspecified atom stereocenters. The van der Waals surface area contributed by atoms with Crippen LogP contribution < -0.4 is 11.2 Å². The Labute approximate surface area is 116 Å². The van der Waals surface area contributed by atoms with E-state index in [9.17, 15) is 14.7 Å². The van der Waals surface area contributed by atoms with Crippen molar-refractivity contribution in [3.8, 4) is 5.88 Å². The van der Waals surface area contributed by atoms with E-state index in [1.807, 2.05) is 6.92 Å². The quantitative estimate of drug-likeness (QED) is 0.356. The van der Waals surface area contributed by atoms with Gasteiger partial charge in [-0.25, -0.2) is 4.79 Å². The van der Waals surface area contributed by atoms with Gasteiger partial charge in [-0.2, -0.15) is 0 Å². The molecule has 7 heteroatoms. The molecule has 0 radical (unpaired) electrons. The Bertz CT molecular complexity index is 640. The molecule has 1 heterocycles. The van der Waals surface area contributed by atoms with E-state index in [1.54, 1.807) is 0 Å². The van der Waals surface area contributed by atoms with Crippen LogP contribution in [-0.2, 0) is 18.9 Å². The SMILES string of the molecule is C=CCON=C(CCC)c1c(O)n(C)c(=O)n(C)c1=O. The lowest BCUT2D eigenvalue weighted by atomic mass is 10.1. The largest absolute Gasteiger partial charge is 0.494 e. The van der Waals surface area contributed by atoms with Gasteiger partial charge in [0.25, 0.3) is 5.56 Å². The summed E-state index contributed by atoms with van der Waals surface area (Å²) in [5, 5.41) is 13.9. The number of hydrogen-bond donors (Lipinski definition) is 1. The molecule has 0 aliphatic carbocycles. The van der Waals surface area contributed by atoms with Gasteiger partial charge in [-0.05, 0) is 6.42 Å². The van der Waals surface area contributed by atoms with Gasteiger partial charge in [0.05, 0.1) is 5.71 Å². The van der Waals surface area contributed by atoms with Crippen LogP contribution >= 0.6 is 0 Å². The van der Waals surface area contributed by atoms with Gasteiger partial charge in [-0.15, -0.1) is 0 Å². The maximum absolute atomic E-state index is 12.1. The van der Waals surface area contributed by atoms with Crippen LogP contribution in [0, 0.1) is 0 Å². The first-order valence-corrected chi connectivity index (χ1v) is 6.24. The van der Waals surface area contributed by atoms with Crippen LogP contribution in [0.5, 0.6) is 5.88 Å². The Kier molecular flexibility index (Phi) is 5.31. The molecule has 0 saturated carbocycles. The molecule has 0 aliphatic rings. The highest BCUT2D eigenvalue weighted by molar-refractivity contribution is 6.01. The molecule has 1 N–H and O–H groups in total. The molecular formula is C13H19N3O4. The van der Waals surface area contributed by atoms with Crippen LogP contribution in [0.4, 0.5) is 0 Å². The molecule has 20 heavy (non-hydrogen) atoms. The smallest absolute Gasteiger partial charge is 0.333 e. The highest BCUT2D eigenvalue weighted by Crippen LogP contribution is 2.13. The molecule has 0 aliphatic heterocycles. The lowest BCUT2D eigenvalue weighted by molar-refractivity contribution is 0.174. The summed E-state index contributed by atoms with van der Waals surface area (Å²) in [7, 11) is 2.73. The Morgan fingerprint density at radius 2 is 2.05 bits per heavy atom. The average Bonchev–Trinajstić information content (AvgIpc) is 2.43. The van der Waals surface area contributed by atoms with Crippen LogP contribution in [0.3, 0.4) is 0 Å². The molecule has 1 aromatic heterocycles. The van der Waals surface area contributed by atoms with Crippen LogP contribution in [-0.4, -0.2) is 26.6 Å². The molecule has 0 spiro atoms. The van der Waals surface area contributed by atoms with E-state index in [0.29, 0.717) is 18.6 Å². The van der Waals surface area contributed by atoms with Crippen LogP contribution in [0.15, 0.2) is 27.4 Å². The van der Waals surface area contributed by atoms with Gasteiger partial charge < -0.3 is 9.94 Å². The van der Waals surface area contributed by atoms with Crippen molar-refractivity contribution >= 4 is 5.71 Å². The minimum absolute atomic E-state index is 0.0134. The van der Waals surface area contributed by atoms with Gasteiger partial charge in [0.2, 0.25) is 5.88 Å². The Morgan fingerprint density at radius 1 is 1.40 bits per heavy atom. The first-order chi connectivity index (χ1) is 9.45. The van der Waals surface area contributed by atoms with E-state index < -0.39 is 17.1 Å². The second-order valence-corrected chi connectivity index (χ2v) is 4.28. The fraction of sp³-hybridized carbons (Fsp3) is 0.462. The summed E-state index contributed by atoms with van der Waals surface area (Å²) in [6, 6.07) is 0. The molecule has 1 rings (SSSR count). The van der Waals surface area contributed by atoms with Gasteiger partial charge in [-0.1, -0.05) is 31.2 Å². The van der Waals surface area contributed by atoms with Crippen molar-refractivity contribution < 1.29 is 9.94 Å². The van der Waals surface area contributed by atoms with Crippen LogP contribution in [0.2, 0.25) is 0 Å². The maximum Gasteiger partial charge on any atom is 0.333 e. The van der Waals surface area contributed by atoms with Gasteiger partial charge in [0.1, 0.15) is 12.2 Å². The Balaban J connectivity index is 3.48. The van der Waals surface area contributed by atoms with E-state index in [0.717, 1.165) is 9.13 Å². The third kappa shape index (κ3) is 2.98. The van der Waals surface area contributed by atoms with Crippen molar-refractivity contribution in [3.05, 3.63) is 39.1 Å². The van der Waals surface area contributed by atoms with Crippen molar-refractivity contribution in [3.63, 3.8) is 0 Å². The van der Waals surface area contributed by atoms with Gasteiger partial charge in [-0.3, -0.25) is 13.9 Å². The lowest BCUT2D eigenvalue weighted by Crippen LogP contribution is -2.40. The second kappa shape index (κ2) is 6.74. The lowest BCUT2D eigenvalue weighted by Gasteiger charge is -2.11. The molecule has 0 bridgehead atoms. The zero-order valence-electron chi connectivity index (χ0n) is 11.9. The number of aromatic hydroxyl groups is 1. The van der Waals surface area contributed by atoms with E-state index in [-0.39, 0.29) is 12.2 Å². The van der Waals surface area contributed by atoms with Gasteiger partial charge in [0, 0.05) is 14.1 Å². The summed E-state index contributed by atoms with van der Waals surface area (Å²) in [6.07, 6.45) is 2.67. The minimum Gasteiger partial charge on any atom is -0.494 e. The normalized spacial score (nSPS) is 11.4. The molecule has 0 aromatic carbocycles.